The lowest BCUT2D eigenvalue weighted by molar-refractivity contribution is -0.135. The van der Waals surface area contributed by atoms with Crippen molar-refractivity contribution in [3.05, 3.63) is 116 Å². The van der Waals surface area contributed by atoms with Crippen LogP contribution in [0.25, 0.3) is 0 Å². The molecule has 0 aromatic heterocycles. The second-order valence-corrected chi connectivity index (χ2v) is 9.72. The molecule has 0 aliphatic rings. The average molecular weight is 643 g/mol. The number of hydrogen-bond acceptors (Lipinski definition) is 5. The Hall–Kier alpha value is -4.02. The first-order valence-corrected chi connectivity index (χ1v) is 12.6. The van der Waals surface area contributed by atoms with E-state index in [1.54, 1.807) is 30.3 Å². The third-order valence-electron chi connectivity index (χ3n) is 5.37. The summed E-state index contributed by atoms with van der Waals surface area (Å²) >= 11 is 6.81. The summed E-state index contributed by atoms with van der Waals surface area (Å²) in [5.41, 5.74) is 0.588. The van der Waals surface area contributed by atoms with Gasteiger partial charge in [-0.05, 0) is 86.5 Å². The second kappa shape index (κ2) is 11.6. The van der Waals surface area contributed by atoms with Crippen LogP contribution in [0.15, 0.2) is 93.9 Å². The van der Waals surface area contributed by atoms with E-state index in [4.69, 9.17) is 4.74 Å². The van der Waals surface area contributed by atoms with Gasteiger partial charge in [-0.3, -0.25) is 19.3 Å². The first-order valence-electron chi connectivity index (χ1n) is 11.0. The Morgan fingerprint density at radius 2 is 1.50 bits per heavy atom. The zero-order chi connectivity index (χ0) is 27.4. The molecule has 0 fully saturated rings. The number of ether oxygens (including phenoxy) is 1. The number of carboxylic acids is 1. The maximum absolute atomic E-state index is 13.6. The minimum Gasteiger partial charge on any atom is -0.507 e. The van der Waals surface area contributed by atoms with Crippen LogP contribution in [0.1, 0.15) is 26.3 Å². The maximum atomic E-state index is 13.6. The van der Waals surface area contributed by atoms with Gasteiger partial charge in [0.2, 0.25) is 0 Å². The lowest BCUT2D eigenvalue weighted by Crippen LogP contribution is -2.35. The van der Waals surface area contributed by atoms with Crippen LogP contribution >= 0.6 is 31.9 Å². The van der Waals surface area contributed by atoms with Gasteiger partial charge in [0.25, 0.3) is 5.91 Å². The number of carboxylic acid groups (broad SMARTS) is 1. The molecule has 38 heavy (non-hydrogen) atoms. The molecule has 0 saturated heterocycles. The maximum Gasteiger partial charge on any atom is 0.323 e. The first kappa shape index (κ1) is 27.0. The number of hydrogen-bond donors (Lipinski definition) is 2. The number of nitrogens with zero attached hydrogens (tertiary/aromatic N) is 1. The molecule has 4 rings (SSSR count). The molecule has 4 aromatic carbocycles. The van der Waals surface area contributed by atoms with E-state index in [0.717, 1.165) is 11.0 Å². The number of anilines is 1. The number of ketones is 1. The number of aromatic hydroxyl groups is 1. The van der Waals surface area contributed by atoms with Crippen LogP contribution < -0.4 is 9.64 Å². The molecule has 0 unspecified atom stereocenters. The molecule has 2 N–H and O–H groups in total. The van der Waals surface area contributed by atoms with Crippen LogP contribution in [0.4, 0.5) is 10.1 Å². The minimum atomic E-state index is -1.19. The Kier molecular flexibility index (Phi) is 8.23. The van der Waals surface area contributed by atoms with Gasteiger partial charge in [0.05, 0.1) is 14.5 Å². The van der Waals surface area contributed by atoms with Gasteiger partial charge in [-0.2, -0.15) is 0 Å². The molecule has 0 saturated carbocycles. The molecule has 0 spiro atoms. The molecule has 0 aliphatic carbocycles. The number of carbonyl (C=O) groups is 3. The number of amides is 1. The van der Waals surface area contributed by atoms with Crippen molar-refractivity contribution in [1.29, 1.82) is 0 Å². The van der Waals surface area contributed by atoms with E-state index in [9.17, 15) is 29.0 Å². The van der Waals surface area contributed by atoms with Gasteiger partial charge in [0.15, 0.2) is 11.5 Å². The van der Waals surface area contributed by atoms with E-state index >= 15 is 0 Å². The van der Waals surface area contributed by atoms with Gasteiger partial charge in [0.1, 0.15) is 23.9 Å². The van der Waals surface area contributed by atoms with Crippen LogP contribution in [0.2, 0.25) is 0 Å². The molecule has 1 amide bonds. The van der Waals surface area contributed by atoms with Crippen LogP contribution in [-0.2, 0) is 4.79 Å². The summed E-state index contributed by atoms with van der Waals surface area (Å²) in [5.74, 6) is -2.71. The summed E-state index contributed by atoms with van der Waals surface area (Å²) in [7, 11) is 0. The third kappa shape index (κ3) is 6.09. The quantitative estimate of drug-likeness (QED) is 0.205. The number of phenols is 1. The minimum absolute atomic E-state index is 0.0609. The van der Waals surface area contributed by atoms with E-state index in [2.05, 4.69) is 31.9 Å². The Balaban J connectivity index is 1.65. The summed E-state index contributed by atoms with van der Waals surface area (Å²) in [6, 6.07) is 20.5. The van der Waals surface area contributed by atoms with Gasteiger partial charge in [-0.15, -0.1) is 0 Å². The Labute approximate surface area is 233 Å². The van der Waals surface area contributed by atoms with E-state index in [1.165, 1.54) is 48.5 Å². The van der Waals surface area contributed by atoms with E-state index in [0.29, 0.717) is 20.2 Å². The highest BCUT2D eigenvalue weighted by atomic mass is 79.9. The summed E-state index contributed by atoms with van der Waals surface area (Å²) in [6.07, 6.45) is 0. The predicted octanol–water partition coefficient (Wildman–Crippen LogP) is 6.81. The molecule has 0 bridgehead atoms. The topological polar surface area (TPSA) is 104 Å². The van der Waals surface area contributed by atoms with Crippen molar-refractivity contribution in [3.8, 4) is 17.2 Å². The lowest BCUT2D eigenvalue weighted by Gasteiger charge is -2.22. The summed E-state index contributed by atoms with van der Waals surface area (Å²) < 4.78 is 20.3. The van der Waals surface area contributed by atoms with Crippen molar-refractivity contribution in [3.63, 3.8) is 0 Å². The van der Waals surface area contributed by atoms with Crippen molar-refractivity contribution < 1.29 is 33.7 Å². The Morgan fingerprint density at radius 1 is 0.842 bits per heavy atom. The molecule has 0 radical (unpaired) electrons. The largest absolute Gasteiger partial charge is 0.507 e. The van der Waals surface area contributed by atoms with Crippen LogP contribution in [-0.4, -0.2) is 34.4 Å². The molecule has 0 atom stereocenters. The number of carbonyl (C=O) groups excluding carboxylic acids is 2. The van der Waals surface area contributed by atoms with Gasteiger partial charge in [-0.25, -0.2) is 4.39 Å². The summed E-state index contributed by atoms with van der Waals surface area (Å²) in [6.45, 7) is -0.573. The number of aliphatic carboxylic acids is 1. The van der Waals surface area contributed by atoms with Gasteiger partial charge in [-0.1, -0.05) is 30.3 Å². The van der Waals surface area contributed by atoms with Gasteiger partial charge >= 0.3 is 5.97 Å². The number of halogens is 3. The second-order valence-electron chi connectivity index (χ2n) is 8.01. The SMILES string of the molecule is O=C(O)CN(C(=O)c1ccccc1)c1cc(Br)c(Oc2ccc(O)c(C(=O)c3cccc(F)c3)c2)c(Br)c1. The lowest BCUT2D eigenvalue weighted by atomic mass is 10.0. The zero-order valence-electron chi connectivity index (χ0n) is 19.4. The van der Waals surface area contributed by atoms with E-state index < -0.39 is 30.0 Å². The highest BCUT2D eigenvalue weighted by Crippen LogP contribution is 2.41. The van der Waals surface area contributed by atoms with Crippen molar-refractivity contribution >= 4 is 55.2 Å². The Morgan fingerprint density at radius 3 is 2.13 bits per heavy atom. The molecule has 192 valence electrons. The van der Waals surface area contributed by atoms with E-state index in [1.807, 2.05) is 0 Å². The number of rotatable bonds is 8. The van der Waals surface area contributed by atoms with Crippen LogP contribution in [0.3, 0.4) is 0 Å². The predicted molar refractivity (Wildman–Crippen MR) is 146 cm³/mol. The van der Waals surface area contributed by atoms with Crippen molar-refractivity contribution in [2.45, 2.75) is 0 Å². The van der Waals surface area contributed by atoms with Crippen LogP contribution in [0, 0.1) is 5.82 Å². The monoisotopic (exact) mass is 641 g/mol. The standard InChI is InChI=1S/C28H18Br2FNO6/c29-22-12-19(32(15-25(34)35)28(37)16-5-2-1-3-6-16)13-23(30)27(22)38-20-9-10-24(33)21(14-20)26(36)17-7-4-8-18(31)11-17/h1-14,33H,15H2,(H,34,35). The van der Waals surface area contributed by atoms with Gasteiger partial charge in [0, 0.05) is 16.8 Å². The van der Waals surface area contributed by atoms with Gasteiger partial charge < -0.3 is 14.9 Å². The fourth-order valence-electron chi connectivity index (χ4n) is 3.62. The molecule has 0 heterocycles. The van der Waals surface area contributed by atoms with Crippen molar-refractivity contribution in [2.75, 3.05) is 11.4 Å². The summed E-state index contributed by atoms with van der Waals surface area (Å²) in [4.78, 5) is 38.6. The average Bonchev–Trinajstić information content (AvgIpc) is 2.89. The van der Waals surface area contributed by atoms with Crippen molar-refractivity contribution in [1.82, 2.24) is 0 Å². The third-order valence-corrected chi connectivity index (χ3v) is 6.55. The fraction of sp³-hybridized carbons (Fsp3) is 0.0357. The molecule has 4 aromatic rings. The highest BCUT2D eigenvalue weighted by Gasteiger charge is 2.23. The fourth-order valence-corrected chi connectivity index (χ4v) is 4.94. The normalized spacial score (nSPS) is 10.6. The first-order chi connectivity index (χ1) is 18.1. The zero-order valence-corrected chi connectivity index (χ0v) is 22.6. The highest BCUT2D eigenvalue weighted by molar-refractivity contribution is 9.11. The smallest absolute Gasteiger partial charge is 0.323 e. The molecule has 7 nitrogen and oxygen atoms in total. The molecular weight excluding hydrogens is 625 g/mol. The molecule has 0 aliphatic heterocycles. The van der Waals surface area contributed by atoms with Crippen molar-refractivity contribution in [2.24, 2.45) is 0 Å². The number of phenolic OH excluding ortho intramolecular Hbond substituents is 1. The molecule has 10 heteroatoms. The van der Waals surface area contributed by atoms with Crippen LogP contribution in [0.5, 0.6) is 17.2 Å². The Bertz CT molecular complexity index is 1520. The number of benzene rings is 4. The molecular formula is C28H18Br2FNO6. The summed E-state index contributed by atoms with van der Waals surface area (Å²) in [5, 5.41) is 19.7. The van der Waals surface area contributed by atoms with E-state index in [-0.39, 0.29) is 28.4 Å².